The second-order valence-corrected chi connectivity index (χ2v) is 2.79. The minimum atomic E-state index is -4.51. The van der Waals surface area contributed by atoms with Gasteiger partial charge in [0.05, 0.1) is 12.7 Å². The van der Waals surface area contributed by atoms with E-state index in [1.165, 1.54) is 26.2 Å². The SMILES string of the molecule is COC=O.Cc1ccc(C(F)(F)F)c(C#N)n1. The highest BCUT2D eigenvalue weighted by Gasteiger charge is 2.34. The predicted molar refractivity (Wildman–Crippen MR) is 51.8 cm³/mol. The van der Waals surface area contributed by atoms with Crippen LogP contribution in [0.1, 0.15) is 17.0 Å². The Hall–Kier alpha value is -2.10. The molecule has 0 saturated carbocycles. The molecule has 4 nitrogen and oxygen atoms in total. The number of halogens is 3. The molecule has 0 bridgehead atoms. The number of hydrogen-bond donors (Lipinski definition) is 0. The van der Waals surface area contributed by atoms with Gasteiger partial charge >= 0.3 is 6.18 Å². The van der Waals surface area contributed by atoms with E-state index in [-0.39, 0.29) is 0 Å². The van der Waals surface area contributed by atoms with Crippen LogP contribution in [0.25, 0.3) is 0 Å². The summed E-state index contributed by atoms with van der Waals surface area (Å²) in [6.07, 6.45) is -4.51. The molecule has 0 unspecified atom stereocenters. The zero-order chi connectivity index (χ0) is 13.5. The molecule has 17 heavy (non-hydrogen) atoms. The predicted octanol–water partition coefficient (Wildman–Crippen LogP) is 2.07. The molecule has 0 fully saturated rings. The quantitative estimate of drug-likeness (QED) is 0.711. The molecule has 0 aliphatic heterocycles. The van der Waals surface area contributed by atoms with Crippen molar-refractivity contribution < 1.29 is 22.7 Å². The summed E-state index contributed by atoms with van der Waals surface area (Å²) in [4.78, 5) is 12.4. The average Bonchev–Trinajstić information content (AvgIpc) is 2.27. The third kappa shape index (κ3) is 4.97. The molecule has 0 aliphatic carbocycles. The van der Waals surface area contributed by atoms with Crippen LogP contribution >= 0.6 is 0 Å². The second kappa shape index (κ2) is 6.48. The van der Waals surface area contributed by atoms with Gasteiger partial charge in [0, 0.05) is 5.69 Å². The van der Waals surface area contributed by atoms with E-state index in [2.05, 4.69) is 9.72 Å². The smallest absolute Gasteiger partial charge is 0.419 e. The van der Waals surface area contributed by atoms with E-state index in [0.717, 1.165) is 6.07 Å². The van der Waals surface area contributed by atoms with Crippen LogP contribution in [0.3, 0.4) is 0 Å². The minimum Gasteiger partial charge on any atom is -0.471 e. The highest BCUT2D eigenvalue weighted by Crippen LogP contribution is 2.30. The lowest BCUT2D eigenvalue weighted by atomic mass is 10.2. The van der Waals surface area contributed by atoms with Gasteiger partial charge in [-0.25, -0.2) is 4.98 Å². The van der Waals surface area contributed by atoms with Crippen molar-refractivity contribution in [3.63, 3.8) is 0 Å². The highest BCUT2D eigenvalue weighted by molar-refractivity contribution is 5.36. The molecular formula is C10H9F3N2O2. The van der Waals surface area contributed by atoms with Crippen LogP contribution in [-0.2, 0) is 15.7 Å². The number of hydrogen-bond acceptors (Lipinski definition) is 4. The summed E-state index contributed by atoms with van der Waals surface area (Å²) in [7, 11) is 1.31. The van der Waals surface area contributed by atoms with Gasteiger partial charge in [0.25, 0.3) is 6.47 Å². The van der Waals surface area contributed by atoms with Gasteiger partial charge in [-0.3, -0.25) is 4.79 Å². The van der Waals surface area contributed by atoms with E-state index in [1.807, 2.05) is 0 Å². The Kier molecular flexibility index (Phi) is 5.68. The van der Waals surface area contributed by atoms with Gasteiger partial charge in [0.2, 0.25) is 0 Å². The van der Waals surface area contributed by atoms with Gasteiger partial charge in [-0.1, -0.05) is 0 Å². The first-order valence-electron chi connectivity index (χ1n) is 4.28. The molecule has 0 aliphatic rings. The number of alkyl halides is 3. The number of carbonyl (C=O) groups is 1. The molecule has 0 spiro atoms. The van der Waals surface area contributed by atoms with E-state index in [9.17, 15) is 13.2 Å². The Morgan fingerprint density at radius 2 is 2.00 bits per heavy atom. The lowest BCUT2D eigenvalue weighted by Gasteiger charge is -2.07. The van der Waals surface area contributed by atoms with Crippen molar-refractivity contribution in [1.82, 2.24) is 4.98 Å². The molecule has 0 aromatic carbocycles. The van der Waals surface area contributed by atoms with Gasteiger partial charge in [-0.05, 0) is 19.1 Å². The van der Waals surface area contributed by atoms with E-state index in [4.69, 9.17) is 10.1 Å². The lowest BCUT2D eigenvalue weighted by Crippen LogP contribution is -2.09. The van der Waals surface area contributed by atoms with E-state index >= 15 is 0 Å². The van der Waals surface area contributed by atoms with Crippen molar-refractivity contribution in [3.05, 3.63) is 29.1 Å². The Morgan fingerprint density at radius 3 is 2.35 bits per heavy atom. The monoisotopic (exact) mass is 246 g/mol. The first kappa shape index (κ1) is 14.9. The van der Waals surface area contributed by atoms with Gasteiger partial charge in [0.15, 0.2) is 5.69 Å². The fraction of sp³-hybridized carbons (Fsp3) is 0.300. The summed E-state index contributed by atoms with van der Waals surface area (Å²) in [5.74, 6) is 0. The normalized spacial score (nSPS) is 9.65. The molecule has 0 radical (unpaired) electrons. The van der Waals surface area contributed by atoms with Gasteiger partial charge in [0.1, 0.15) is 6.07 Å². The first-order valence-corrected chi connectivity index (χ1v) is 4.28. The maximum atomic E-state index is 12.2. The van der Waals surface area contributed by atoms with Gasteiger partial charge in [-0.2, -0.15) is 18.4 Å². The molecule has 1 aromatic rings. The number of pyridine rings is 1. The number of aryl methyl sites for hydroxylation is 1. The van der Waals surface area contributed by atoms with Crippen molar-refractivity contribution in [3.8, 4) is 6.07 Å². The minimum absolute atomic E-state index is 0.375. The van der Waals surface area contributed by atoms with Crippen LogP contribution in [0.15, 0.2) is 12.1 Å². The second-order valence-electron chi connectivity index (χ2n) is 2.79. The lowest BCUT2D eigenvalue weighted by molar-refractivity contribution is -0.138. The highest BCUT2D eigenvalue weighted by atomic mass is 19.4. The number of rotatable bonds is 1. The number of nitriles is 1. The molecular weight excluding hydrogens is 237 g/mol. The van der Waals surface area contributed by atoms with Crippen molar-refractivity contribution >= 4 is 6.47 Å². The molecule has 1 aromatic heterocycles. The van der Waals surface area contributed by atoms with Crippen LogP contribution in [0, 0.1) is 18.3 Å². The molecule has 0 amide bonds. The number of methoxy groups -OCH3 is 1. The fourth-order valence-electron chi connectivity index (χ4n) is 0.871. The fourth-order valence-corrected chi connectivity index (χ4v) is 0.871. The molecule has 0 saturated heterocycles. The summed E-state index contributed by atoms with van der Waals surface area (Å²) in [6.45, 7) is 1.90. The third-order valence-electron chi connectivity index (χ3n) is 1.54. The van der Waals surface area contributed by atoms with Gasteiger partial charge in [-0.15, -0.1) is 0 Å². The Bertz CT molecular complexity index is 425. The van der Waals surface area contributed by atoms with Crippen LogP contribution in [0.4, 0.5) is 13.2 Å². The number of aromatic nitrogens is 1. The van der Waals surface area contributed by atoms with Crippen molar-refractivity contribution in [2.45, 2.75) is 13.1 Å². The van der Waals surface area contributed by atoms with Crippen LogP contribution in [-0.4, -0.2) is 18.6 Å². The maximum Gasteiger partial charge on any atom is 0.419 e. The number of carbonyl (C=O) groups excluding carboxylic acids is 1. The zero-order valence-corrected chi connectivity index (χ0v) is 9.08. The van der Waals surface area contributed by atoms with Crippen LogP contribution in [0.2, 0.25) is 0 Å². The molecule has 1 heterocycles. The average molecular weight is 246 g/mol. The first-order chi connectivity index (χ1) is 7.86. The summed E-state index contributed by atoms with van der Waals surface area (Å²) in [5.41, 5.74) is -1.17. The van der Waals surface area contributed by atoms with E-state index in [0.29, 0.717) is 12.2 Å². The summed E-state index contributed by atoms with van der Waals surface area (Å²) in [5, 5.41) is 8.39. The zero-order valence-electron chi connectivity index (χ0n) is 9.08. The number of nitrogens with zero attached hydrogens (tertiary/aromatic N) is 2. The molecule has 1 rings (SSSR count). The third-order valence-corrected chi connectivity index (χ3v) is 1.54. The topological polar surface area (TPSA) is 63.0 Å². The summed E-state index contributed by atoms with van der Waals surface area (Å²) >= 11 is 0. The van der Waals surface area contributed by atoms with E-state index < -0.39 is 17.4 Å². The van der Waals surface area contributed by atoms with Crippen molar-refractivity contribution in [2.75, 3.05) is 7.11 Å². The molecule has 7 heteroatoms. The Labute approximate surface area is 95.6 Å². The largest absolute Gasteiger partial charge is 0.471 e. The summed E-state index contributed by atoms with van der Waals surface area (Å²) in [6, 6.07) is 3.50. The molecule has 0 atom stereocenters. The van der Waals surface area contributed by atoms with Crippen molar-refractivity contribution in [2.24, 2.45) is 0 Å². The van der Waals surface area contributed by atoms with Crippen molar-refractivity contribution in [1.29, 1.82) is 5.26 Å². The molecule has 0 N–H and O–H groups in total. The summed E-state index contributed by atoms with van der Waals surface area (Å²) < 4.78 is 40.4. The standard InChI is InChI=1S/C8H5F3N2.C2H4O2/c1-5-2-3-6(8(9,10)11)7(4-12)13-5;1-4-2-3/h2-3H,1H3;2H,1H3. The Balaban J connectivity index is 0.000000557. The van der Waals surface area contributed by atoms with Gasteiger partial charge < -0.3 is 4.74 Å². The van der Waals surface area contributed by atoms with E-state index in [1.54, 1.807) is 0 Å². The number of ether oxygens (including phenoxy) is 1. The molecule has 92 valence electrons. The maximum absolute atomic E-state index is 12.2. The van der Waals surface area contributed by atoms with Crippen LogP contribution < -0.4 is 0 Å². The van der Waals surface area contributed by atoms with Crippen LogP contribution in [0.5, 0.6) is 0 Å². The Morgan fingerprint density at radius 1 is 1.47 bits per heavy atom.